The number of unbranched alkanes of at least 4 members (excludes halogenated alkanes) is 2. The van der Waals surface area contributed by atoms with Crippen molar-refractivity contribution in [2.45, 2.75) is 51.5 Å². The van der Waals surface area contributed by atoms with E-state index in [1.807, 2.05) is 50.5 Å². The molecule has 1 aromatic carbocycles. The molecule has 0 unspecified atom stereocenters. The van der Waals surface area contributed by atoms with E-state index in [1.54, 1.807) is 17.1 Å². The second-order valence-electron chi connectivity index (χ2n) is 9.03. The summed E-state index contributed by atoms with van der Waals surface area (Å²) in [7, 11) is 2.01. The predicted molar refractivity (Wildman–Crippen MR) is 129 cm³/mol. The molecule has 1 aliphatic heterocycles. The highest BCUT2D eigenvalue weighted by molar-refractivity contribution is 5.80. The van der Waals surface area contributed by atoms with Crippen LogP contribution in [0.4, 0.5) is 0 Å². The molecule has 34 heavy (non-hydrogen) atoms. The minimum absolute atomic E-state index is 0.0129. The van der Waals surface area contributed by atoms with Crippen molar-refractivity contribution >= 4 is 11.7 Å². The molecule has 180 valence electrons. The van der Waals surface area contributed by atoms with Gasteiger partial charge in [0, 0.05) is 43.9 Å². The van der Waals surface area contributed by atoms with Gasteiger partial charge in [0.25, 0.3) is 0 Å². The number of likely N-dealkylation sites (tertiary alicyclic amines) is 1. The summed E-state index contributed by atoms with van der Waals surface area (Å²) in [5.74, 6) is 1.55. The quantitative estimate of drug-likeness (QED) is 0.405. The van der Waals surface area contributed by atoms with E-state index in [0.717, 1.165) is 50.0 Å². The Bertz CT molecular complexity index is 1070. The zero-order valence-electron chi connectivity index (χ0n) is 19.9. The maximum Gasteiger partial charge on any atom is 0.226 e. The average molecular weight is 464 g/mol. The number of nitrogens with one attached hydrogen (secondary N) is 1. The summed E-state index contributed by atoms with van der Waals surface area (Å²) in [6.45, 7) is 3.45. The lowest BCUT2D eigenvalue weighted by Crippen LogP contribution is -2.52. The van der Waals surface area contributed by atoms with Gasteiger partial charge in [0.1, 0.15) is 11.8 Å². The van der Waals surface area contributed by atoms with Crippen LogP contribution in [0, 0.1) is 5.92 Å². The lowest BCUT2D eigenvalue weighted by atomic mass is 9.99. The SMILES string of the molecule is CCC(=O)CCCCC[C@H](NC(=O)C1CN(C)C1)c1ncc(-c2ccc(-n3cccn3)cc2)o1. The molecule has 1 saturated heterocycles. The van der Waals surface area contributed by atoms with Gasteiger partial charge in [-0.25, -0.2) is 9.67 Å². The maximum atomic E-state index is 12.7. The number of hydrogen-bond donors (Lipinski definition) is 1. The number of hydrogen-bond acceptors (Lipinski definition) is 6. The third-order valence-electron chi connectivity index (χ3n) is 6.34. The van der Waals surface area contributed by atoms with Gasteiger partial charge in [-0.3, -0.25) is 9.59 Å². The van der Waals surface area contributed by atoms with Gasteiger partial charge in [0.05, 0.1) is 17.8 Å². The summed E-state index contributed by atoms with van der Waals surface area (Å²) in [5.41, 5.74) is 1.88. The lowest BCUT2D eigenvalue weighted by molar-refractivity contribution is -0.130. The zero-order chi connectivity index (χ0) is 23.9. The number of nitrogens with zero attached hydrogens (tertiary/aromatic N) is 4. The Kier molecular flexibility index (Phi) is 7.90. The number of aromatic nitrogens is 3. The number of amides is 1. The minimum Gasteiger partial charge on any atom is -0.438 e. The topological polar surface area (TPSA) is 93.3 Å². The van der Waals surface area contributed by atoms with Gasteiger partial charge in [-0.05, 0) is 50.2 Å². The van der Waals surface area contributed by atoms with Gasteiger partial charge in [0.15, 0.2) is 5.76 Å². The fourth-order valence-corrected chi connectivity index (χ4v) is 4.22. The molecule has 1 amide bonds. The number of oxazole rings is 1. The lowest BCUT2D eigenvalue weighted by Gasteiger charge is -2.35. The number of carbonyl (C=O) groups excluding carboxylic acids is 2. The highest BCUT2D eigenvalue weighted by Gasteiger charge is 2.32. The highest BCUT2D eigenvalue weighted by Crippen LogP contribution is 2.27. The molecule has 0 spiro atoms. The molecule has 1 fully saturated rings. The molecule has 0 bridgehead atoms. The van der Waals surface area contributed by atoms with E-state index in [0.29, 0.717) is 30.3 Å². The Balaban J connectivity index is 1.41. The molecule has 3 heterocycles. The number of Topliss-reactive ketones (excluding diaryl/α,β-unsaturated/α-hetero) is 1. The molecule has 0 saturated carbocycles. The van der Waals surface area contributed by atoms with Crippen LogP contribution in [0.5, 0.6) is 0 Å². The Labute approximate surface area is 200 Å². The normalized spacial score (nSPS) is 15.1. The van der Waals surface area contributed by atoms with E-state index in [4.69, 9.17) is 4.42 Å². The summed E-state index contributed by atoms with van der Waals surface area (Å²) in [4.78, 5) is 30.9. The molecule has 4 rings (SSSR count). The standard InChI is InChI=1S/C26H33N5O3/c1-3-22(32)8-5-4-6-9-23(29-25(33)20-17-30(2)18-20)26-27-16-24(34-26)19-10-12-21(13-11-19)31-15-7-14-28-31/h7,10-16,20,23H,3-6,8-9,17-18H2,1-2H3,(H,29,33)/t23-/m0/s1. The third kappa shape index (κ3) is 5.99. The predicted octanol–water partition coefficient (Wildman–Crippen LogP) is 4.18. The average Bonchev–Trinajstić information content (AvgIpc) is 3.53. The van der Waals surface area contributed by atoms with Crippen molar-refractivity contribution in [3.8, 4) is 17.0 Å². The van der Waals surface area contributed by atoms with Crippen LogP contribution in [0.25, 0.3) is 17.0 Å². The van der Waals surface area contributed by atoms with Crippen molar-refractivity contribution in [1.82, 2.24) is 25.0 Å². The Morgan fingerprint density at radius 1 is 1.18 bits per heavy atom. The van der Waals surface area contributed by atoms with Crippen LogP contribution in [-0.2, 0) is 9.59 Å². The van der Waals surface area contributed by atoms with Crippen molar-refractivity contribution in [1.29, 1.82) is 0 Å². The Morgan fingerprint density at radius 2 is 1.97 bits per heavy atom. The molecule has 0 radical (unpaired) electrons. The number of benzene rings is 1. The van der Waals surface area contributed by atoms with E-state index in [2.05, 4.69) is 20.3 Å². The van der Waals surface area contributed by atoms with Crippen molar-refractivity contribution in [2.75, 3.05) is 20.1 Å². The molecule has 1 aliphatic rings. The van der Waals surface area contributed by atoms with E-state index in [9.17, 15) is 9.59 Å². The van der Waals surface area contributed by atoms with Crippen LogP contribution >= 0.6 is 0 Å². The summed E-state index contributed by atoms with van der Waals surface area (Å²) < 4.78 is 7.91. The molecule has 2 aromatic heterocycles. The van der Waals surface area contributed by atoms with E-state index < -0.39 is 0 Å². The summed E-state index contributed by atoms with van der Waals surface area (Å²) in [6, 6.07) is 9.52. The fraction of sp³-hybridized carbons (Fsp3) is 0.462. The third-order valence-corrected chi connectivity index (χ3v) is 6.34. The number of rotatable bonds is 12. The van der Waals surface area contributed by atoms with Crippen molar-refractivity contribution in [2.24, 2.45) is 5.92 Å². The molecule has 8 nitrogen and oxygen atoms in total. The first kappa shape index (κ1) is 23.9. The van der Waals surface area contributed by atoms with Crippen LogP contribution in [0.3, 0.4) is 0 Å². The first-order chi connectivity index (χ1) is 16.5. The summed E-state index contributed by atoms with van der Waals surface area (Å²) in [6.07, 6.45) is 10.0. The molecule has 1 N–H and O–H groups in total. The van der Waals surface area contributed by atoms with Gasteiger partial charge in [-0.15, -0.1) is 0 Å². The molecular formula is C26H33N5O3. The van der Waals surface area contributed by atoms with Crippen molar-refractivity contribution in [3.63, 3.8) is 0 Å². The van der Waals surface area contributed by atoms with Crippen molar-refractivity contribution < 1.29 is 14.0 Å². The zero-order valence-corrected chi connectivity index (χ0v) is 19.9. The van der Waals surface area contributed by atoms with Gasteiger partial charge in [-0.1, -0.05) is 19.8 Å². The molecule has 1 atom stereocenters. The van der Waals surface area contributed by atoms with Gasteiger partial charge in [-0.2, -0.15) is 5.10 Å². The summed E-state index contributed by atoms with van der Waals surface area (Å²) >= 11 is 0. The highest BCUT2D eigenvalue weighted by atomic mass is 16.4. The first-order valence-electron chi connectivity index (χ1n) is 12.1. The van der Waals surface area contributed by atoms with Crippen LogP contribution in [0.1, 0.15) is 57.4 Å². The van der Waals surface area contributed by atoms with Crippen LogP contribution in [0.2, 0.25) is 0 Å². The van der Waals surface area contributed by atoms with Crippen LogP contribution in [-0.4, -0.2) is 51.5 Å². The van der Waals surface area contributed by atoms with E-state index in [1.165, 1.54) is 0 Å². The van der Waals surface area contributed by atoms with Gasteiger partial charge < -0.3 is 14.6 Å². The monoisotopic (exact) mass is 463 g/mol. The minimum atomic E-state index is -0.280. The molecule has 8 heteroatoms. The van der Waals surface area contributed by atoms with Crippen LogP contribution < -0.4 is 5.32 Å². The smallest absolute Gasteiger partial charge is 0.226 e. The van der Waals surface area contributed by atoms with Gasteiger partial charge in [0.2, 0.25) is 11.8 Å². The van der Waals surface area contributed by atoms with Gasteiger partial charge >= 0.3 is 0 Å². The Morgan fingerprint density at radius 3 is 2.65 bits per heavy atom. The number of ketones is 1. The first-order valence-corrected chi connectivity index (χ1v) is 12.1. The molecule has 3 aromatic rings. The van der Waals surface area contributed by atoms with Crippen LogP contribution in [0.15, 0.2) is 53.3 Å². The molecule has 0 aliphatic carbocycles. The fourth-order valence-electron chi connectivity index (χ4n) is 4.22. The van der Waals surface area contributed by atoms with Crippen molar-refractivity contribution in [3.05, 3.63) is 54.8 Å². The maximum absolute atomic E-state index is 12.7. The van der Waals surface area contributed by atoms with E-state index in [-0.39, 0.29) is 17.9 Å². The molecular weight excluding hydrogens is 430 g/mol. The van der Waals surface area contributed by atoms with E-state index >= 15 is 0 Å². The summed E-state index contributed by atoms with van der Waals surface area (Å²) in [5, 5.41) is 7.41. The largest absolute Gasteiger partial charge is 0.438 e. The number of carbonyl (C=O) groups is 2. The second kappa shape index (κ2) is 11.2. The second-order valence-corrected chi connectivity index (χ2v) is 9.03. The Hall–Kier alpha value is -3.26.